The molecule has 0 radical (unpaired) electrons. The van der Waals surface area contributed by atoms with Crippen molar-refractivity contribution in [1.82, 2.24) is 10.2 Å². The molecule has 0 bridgehead atoms. The molecule has 1 aromatic heterocycles. The van der Waals surface area contributed by atoms with Gasteiger partial charge in [0.25, 0.3) is 0 Å². The smallest absolute Gasteiger partial charge is 0.150 e. The second-order valence-electron chi connectivity index (χ2n) is 3.57. The molecule has 0 spiro atoms. The minimum atomic E-state index is -1.12. The van der Waals surface area contributed by atoms with Gasteiger partial charge in [-0.2, -0.15) is 0 Å². The Morgan fingerprint density at radius 1 is 1.22 bits per heavy atom. The highest BCUT2D eigenvalue weighted by Gasteiger charge is 2.10. The van der Waals surface area contributed by atoms with Gasteiger partial charge < -0.3 is 0 Å². The molecule has 18 heavy (non-hydrogen) atoms. The van der Waals surface area contributed by atoms with E-state index in [0.29, 0.717) is 5.03 Å². The summed E-state index contributed by atoms with van der Waals surface area (Å²) in [5, 5.41) is 9.44. The number of benzene rings is 1. The summed E-state index contributed by atoms with van der Waals surface area (Å²) in [5.74, 6) is 0. The SMILES string of the molecule is CSc1nnc(S(C)=O)cc1-c1ccc(Br)cc1. The Hall–Kier alpha value is -0.720. The predicted octanol–water partition coefficient (Wildman–Crippen LogP) is 3.37. The first-order chi connectivity index (χ1) is 8.61. The third-order valence-electron chi connectivity index (χ3n) is 2.38. The van der Waals surface area contributed by atoms with Crippen LogP contribution < -0.4 is 0 Å². The molecule has 94 valence electrons. The molecule has 0 saturated carbocycles. The summed E-state index contributed by atoms with van der Waals surface area (Å²) in [6, 6.07) is 9.80. The van der Waals surface area contributed by atoms with Gasteiger partial charge in [0, 0.05) is 16.3 Å². The zero-order valence-electron chi connectivity index (χ0n) is 9.88. The number of hydrogen-bond acceptors (Lipinski definition) is 4. The third kappa shape index (κ3) is 2.99. The van der Waals surface area contributed by atoms with Crippen molar-refractivity contribution in [2.24, 2.45) is 0 Å². The second-order valence-corrected chi connectivity index (χ2v) is 6.60. The Morgan fingerprint density at radius 3 is 2.44 bits per heavy atom. The van der Waals surface area contributed by atoms with Crippen molar-refractivity contribution in [2.75, 3.05) is 12.5 Å². The van der Waals surface area contributed by atoms with E-state index in [4.69, 9.17) is 0 Å². The van der Waals surface area contributed by atoms with E-state index in [1.165, 1.54) is 11.8 Å². The molecular weight excluding hydrogens is 332 g/mol. The zero-order valence-corrected chi connectivity index (χ0v) is 13.1. The van der Waals surface area contributed by atoms with Gasteiger partial charge in [-0.05, 0) is 30.0 Å². The molecule has 1 atom stereocenters. The topological polar surface area (TPSA) is 42.9 Å². The van der Waals surface area contributed by atoms with Crippen LogP contribution in [0.5, 0.6) is 0 Å². The number of thioether (sulfide) groups is 1. The van der Waals surface area contributed by atoms with Gasteiger partial charge in [-0.15, -0.1) is 22.0 Å². The maximum Gasteiger partial charge on any atom is 0.150 e. The Morgan fingerprint density at radius 2 is 1.89 bits per heavy atom. The van der Waals surface area contributed by atoms with E-state index in [9.17, 15) is 4.21 Å². The number of halogens is 1. The quantitative estimate of drug-likeness (QED) is 0.802. The zero-order chi connectivity index (χ0) is 13.1. The Balaban J connectivity index is 2.56. The molecule has 1 heterocycles. The molecule has 0 fully saturated rings. The van der Waals surface area contributed by atoms with Crippen molar-refractivity contribution in [3.63, 3.8) is 0 Å². The van der Waals surface area contributed by atoms with Crippen molar-refractivity contribution < 1.29 is 4.21 Å². The lowest BCUT2D eigenvalue weighted by molar-refractivity contribution is 0.680. The van der Waals surface area contributed by atoms with E-state index in [1.54, 1.807) is 6.26 Å². The van der Waals surface area contributed by atoms with Crippen LogP contribution in [0.2, 0.25) is 0 Å². The summed E-state index contributed by atoms with van der Waals surface area (Å²) in [7, 11) is -1.12. The molecular formula is C12H11BrN2OS2. The first-order valence-corrected chi connectivity index (χ1v) is 8.70. The van der Waals surface area contributed by atoms with E-state index >= 15 is 0 Å². The summed E-state index contributed by atoms with van der Waals surface area (Å²) in [6.45, 7) is 0. The van der Waals surface area contributed by atoms with Crippen molar-refractivity contribution in [2.45, 2.75) is 10.1 Å². The van der Waals surface area contributed by atoms with E-state index in [0.717, 1.165) is 20.6 Å². The molecule has 3 nitrogen and oxygen atoms in total. The van der Waals surface area contributed by atoms with Crippen molar-refractivity contribution in [3.8, 4) is 11.1 Å². The fraction of sp³-hybridized carbons (Fsp3) is 0.167. The molecule has 2 aromatic rings. The summed E-state index contributed by atoms with van der Waals surface area (Å²) in [6.07, 6.45) is 3.56. The molecule has 0 amide bonds. The molecule has 0 aliphatic heterocycles. The Bertz CT molecular complexity index is 587. The molecule has 0 aliphatic carbocycles. The van der Waals surface area contributed by atoms with Crippen molar-refractivity contribution >= 4 is 38.5 Å². The van der Waals surface area contributed by atoms with Crippen LogP contribution in [0.3, 0.4) is 0 Å². The molecule has 1 unspecified atom stereocenters. The van der Waals surface area contributed by atoms with E-state index in [1.807, 2.05) is 36.6 Å². The lowest BCUT2D eigenvalue weighted by Gasteiger charge is -2.07. The highest BCUT2D eigenvalue weighted by Crippen LogP contribution is 2.29. The summed E-state index contributed by atoms with van der Waals surface area (Å²) < 4.78 is 12.5. The first-order valence-electron chi connectivity index (χ1n) is 5.13. The minimum Gasteiger partial charge on any atom is -0.253 e. The fourth-order valence-electron chi connectivity index (χ4n) is 1.49. The molecule has 0 N–H and O–H groups in total. The van der Waals surface area contributed by atoms with Gasteiger partial charge in [-0.25, -0.2) is 0 Å². The van der Waals surface area contributed by atoms with Crippen LogP contribution in [-0.2, 0) is 10.8 Å². The maximum absolute atomic E-state index is 11.5. The van der Waals surface area contributed by atoms with Gasteiger partial charge in [-0.3, -0.25) is 4.21 Å². The number of nitrogens with zero attached hydrogens (tertiary/aromatic N) is 2. The average molecular weight is 343 g/mol. The number of aromatic nitrogens is 2. The van der Waals surface area contributed by atoms with Crippen LogP contribution >= 0.6 is 27.7 Å². The van der Waals surface area contributed by atoms with Gasteiger partial charge in [0.1, 0.15) is 10.1 Å². The fourth-order valence-corrected chi connectivity index (χ4v) is 2.71. The largest absolute Gasteiger partial charge is 0.253 e. The average Bonchev–Trinajstić information content (AvgIpc) is 2.39. The summed E-state index contributed by atoms with van der Waals surface area (Å²) >= 11 is 4.94. The predicted molar refractivity (Wildman–Crippen MR) is 79.3 cm³/mol. The van der Waals surface area contributed by atoms with Crippen LogP contribution in [0.4, 0.5) is 0 Å². The normalized spacial score (nSPS) is 12.4. The number of hydrogen-bond donors (Lipinski definition) is 0. The lowest BCUT2D eigenvalue weighted by Crippen LogP contribution is -1.98. The van der Waals surface area contributed by atoms with Gasteiger partial charge in [-0.1, -0.05) is 28.1 Å². The molecule has 0 aliphatic rings. The van der Waals surface area contributed by atoms with Crippen molar-refractivity contribution in [1.29, 1.82) is 0 Å². The third-order valence-corrected chi connectivity index (χ3v) is 4.39. The molecule has 6 heteroatoms. The van der Waals surface area contributed by atoms with Gasteiger partial charge in [0.2, 0.25) is 0 Å². The van der Waals surface area contributed by atoms with Gasteiger partial charge >= 0.3 is 0 Å². The highest BCUT2D eigenvalue weighted by molar-refractivity contribution is 9.10. The minimum absolute atomic E-state index is 0.505. The summed E-state index contributed by atoms with van der Waals surface area (Å²) in [4.78, 5) is 0. The van der Waals surface area contributed by atoms with Gasteiger partial charge in [0.15, 0.2) is 0 Å². The molecule has 2 rings (SSSR count). The summed E-state index contributed by atoms with van der Waals surface area (Å²) in [5.41, 5.74) is 2.01. The Labute approximate surface area is 121 Å². The second kappa shape index (κ2) is 5.95. The van der Waals surface area contributed by atoms with Crippen molar-refractivity contribution in [3.05, 3.63) is 34.8 Å². The monoisotopic (exact) mass is 342 g/mol. The van der Waals surface area contributed by atoms with Crippen LogP contribution in [0.25, 0.3) is 11.1 Å². The molecule has 1 aromatic carbocycles. The van der Waals surface area contributed by atoms with Gasteiger partial charge in [0.05, 0.1) is 10.8 Å². The first kappa shape index (κ1) is 13.7. The highest BCUT2D eigenvalue weighted by atomic mass is 79.9. The van der Waals surface area contributed by atoms with Crippen LogP contribution in [-0.4, -0.2) is 26.9 Å². The maximum atomic E-state index is 11.5. The standard InChI is InChI=1S/C12H11BrN2OS2/c1-17-12-10(7-11(14-15-12)18(2)16)8-3-5-9(13)6-4-8/h3-7H,1-2H3. The number of rotatable bonds is 3. The lowest BCUT2D eigenvalue weighted by atomic mass is 10.1. The van der Waals surface area contributed by atoms with Crippen LogP contribution in [0.1, 0.15) is 0 Å². The van der Waals surface area contributed by atoms with Crippen LogP contribution in [0, 0.1) is 0 Å². The van der Waals surface area contributed by atoms with E-state index in [2.05, 4.69) is 26.1 Å². The Kier molecular flexibility index (Phi) is 4.53. The molecule has 0 saturated heterocycles. The van der Waals surface area contributed by atoms with Crippen LogP contribution in [0.15, 0.2) is 44.9 Å². The van der Waals surface area contributed by atoms with E-state index in [-0.39, 0.29) is 0 Å². The van der Waals surface area contributed by atoms with E-state index < -0.39 is 10.8 Å².